The molecular weight excluding hydrogens is 403 g/mol. The lowest BCUT2D eigenvalue weighted by molar-refractivity contribution is -0.122. The van der Waals surface area contributed by atoms with Crippen molar-refractivity contribution in [2.75, 3.05) is 17.1 Å². The maximum absolute atomic E-state index is 14.2. The van der Waals surface area contributed by atoms with Gasteiger partial charge in [0.15, 0.2) is 0 Å². The van der Waals surface area contributed by atoms with Crippen LogP contribution < -0.4 is 9.62 Å². The normalized spacial score (nSPS) is 12.4. The molecule has 0 heterocycles. The fourth-order valence-electron chi connectivity index (χ4n) is 2.94. The minimum Gasteiger partial charge on any atom is -0.354 e. The number of benzene rings is 2. The Morgan fingerprint density at radius 1 is 1.18 bits per heavy atom. The summed E-state index contributed by atoms with van der Waals surface area (Å²) >= 11 is 5.86. The summed E-state index contributed by atoms with van der Waals surface area (Å²) in [5.41, 5.74) is 0.961. The van der Waals surface area contributed by atoms with Crippen LogP contribution in [0.4, 0.5) is 10.1 Å². The van der Waals surface area contributed by atoms with E-state index >= 15 is 0 Å². The van der Waals surface area contributed by atoms with Gasteiger partial charge in [0, 0.05) is 11.6 Å². The molecule has 0 aliphatic heterocycles. The molecule has 5 nitrogen and oxygen atoms in total. The first-order valence-corrected chi connectivity index (χ1v) is 11.2. The first kappa shape index (κ1) is 22.2. The summed E-state index contributed by atoms with van der Waals surface area (Å²) in [6, 6.07) is 12.0. The van der Waals surface area contributed by atoms with Crippen LogP contribution in [0.2, 0.25) is 5.02 Å². The second-order valence-electron chi connectivity index (χ2n) is 6.46. The van der Waals surface area contributed by atoms with Gasteiger partial charge in [-0.2, -0.15) is 0 Å². The molecule has 0 fully saturated rings. The third-order valence-electron chi connectivity index (χ3n) is 4.27. The van der Waals surface area contributed by atoms with Crippen LogP contribution in [0.5, 0.6) is 0 Å². The summed E-state index contributed by atoms with van der Waals surface area (Å²) in [6.45, 7) is 2.07. The molecule has 8 heteroatoms. The van der Waals surface area contributed by atoms with Crippen molar-refractivity contribution in [1.82, 2.24) is 5.32 Å². The van der Waals surface area contributed by atoms with Crippen LogP contribution in [0.15, 0.2) is 48.5 Å². The van der Waals surface area contributed by atoms with Gasteiger partial charge in [0.25, 0.3) is 0 Å². The smallest absolute Gasteiger partial charge is 0.243 e. The molecule has 0 aliphatic rings. The van der Waals surface area contributed by atoms with E-state index < -0.39 is 27.8 Å². The van der Waals surface area contributed by atoms with E-state index in [0.29, 0.717) is 18.0 Å². The number of carbonyl (C=O) groups is 1. The molecule has 0 spiro atoms. The maximum Gasteiger partial charge on any atom is 0.243 e. The van der Waals surface area contributed by atoms with Crippen molar-refractivity contribution in [3.8, 4) is 0 Å². The third-order valence-corrected chi connectivity index (χ3v) is 5.69. The average Bonchev–Trinajstić information content (AvgIpc) is 2.64. The quantitative estimate of drug-likeness (QED) is 0.620. The molecule has 28 heavy (non-hydrogen) atoms. The van der Waals surface area contributed by atoms with Gasteiger partial charge in [-0.15, -0.1) is 0 Å². The number of aryl methyl sites for hydroxylation is 1. The molecule has 0 bridgehead atoms. The zero-order chi connectivity index (χ0) is 20.7. The topological polar surface area (TPSA) is 66.5 Å². The lowest BCUT2D eigenvalue weighted by Crippen LogP contribution is -2.49. The van der Waals surface area contributed by atoms with E-state index in [4.69, 9.17) is 11.6 Å². The lowest BCUT2D eigenvalue weighted by atomic mass is 10.1. The van der Waals surface area contributed by atoms with Gasteiger partial charge in [-0.3, -0.25) is 9.10 Å². The summed E-state index contributed by atoms with van der Waals surface area (Å²) in [6.07, 6.45) is 2.61. The molecule has 1 amide bonds. The number of sulfonamides is 1. The molecule has 2 aromatic carbocycles. The minimum absolute atomic E-state index is 0.131. The van der Waals surface area contributed by atoms with Gasteiger partial charge in [0.05, 0.1) is 11.9 Å². The molecule has 2 rings (SSSR count). The van der Waals surface area contributed by atoms with Gasteiger partial charge in [0.1, 0.15) is 11.9 Å². The van der Waals surface area contributed by atoms with Crippen molar-refractivity contribution in [3.63, 3.8) is 0 Å². The van der Waals surface area contributed by atoms with Gasteiger partial charge in [-0.1, -0.05) is 42.8 Å². The van der Waals surface area contributed by atoms with Crippen LogP contribution in [0.3, 0.4) is 0 Å². The van der Waals surface area contributed by atoms with E-state index in [2.05, 4.69) is 5.32 Å². The van der Waals surface area contributed by atoms with Crippen molar-refractivity contribution in [2.45, 2.75) is 32.2 Å². The number of para-hydroxylation sites is 1. The molecule has 0 aliphatic carbocycles. The van der Waals surface area contributed by atoms with Crippen LogP contribution in [0.1, 0.15) is 25.3 Å². The van der Waals surface area contributed by atoms with Crippen molar-refractivity contribution in [2.24, 2.45) is 0 Å². The van der Waals surface area contributed by atoms with Crippen LogP contribution in [-0.2, 0) is 21.2 Å². The molecule has 1 N–H and O–H groups in total. The van der Waals surface area contributed by atoms with E-state index in [1.807, 2.05) is 12.1 Å². The van der Waals surface area contributed by atoms with Gasteiger partial charge < -0.3 is 5.32 Å². The first-order chi connectivity index (χ1) is 13.2. The van der Waals surface area contributed by atoms with Crippen molar-refractivity contribution < 1.29 is 17.6 Å². The van der Waals surface area contributed by atoms with E-state index in [1.54, 1.807) is 19.1 Å². The van der Waals surface area contributed by atoms with E-state index in [0.717, 1.165) is 22.5 Å². The Bertz CT molecular complexity index is 904. The largest absolute Gasteiger partial charge is 0.354 e. The molecule has 0 unspecified atom stereocenters. The summed E-state index contributed by atoms with van der Waals surface area (Å²) in [7, 11) is -3.85. The highest BCUT2D eigenvalue weighted by atomic mass is 35.5. The van der Waals surface area contributed by atoms with Crippen molar-refractivity contribution in [1.29, 1.82) is 0 Å². The summed E-state index contributed by atoms with van der Waals surface area (Å²) in [5, 5.41) is 3.43. The zero-order valence-corrected chi connectivity index (χ0v) is 17.4. The van der Waals surface area contributed by atoms with Crippen LogP contribution in [0, 0.1) is 5.82 Å². The Balaban J connectivity index is 2.05. The summed E-state index contributed by atoms with van der Waals surface area (Å²) in [4.78, 5) is 12.6. The Kier molecular flexibility index (Phi) is 7.83. The predicted molar refractivity (Wildman–Crippen MR) is 111 cm³/mol. The van der Waals surface area contributed by atoms with Gasteiger partial charge in [-0.25, -0.2) is 12.8 Å². The van der Waals surface area contributed by atoms with Gasteiger partial charge >= 0.3 is 0 Å². The number of hydrogen-bond acceptors (Lipinski definition) is 3. The third kappa shape index (κ3) is 5.94. The molecule has 0 radical (unpaired) electrons. The standard InChI is InChI=1S/C20H24ClFN2O3S/c1-3-18(24(28(2,26)27)19-9-5-4-8-17(19)22)20(25)23-14-6-7-15-10-12-16(21)13-11-15/h4-5,8-13,18H,3,6-7,14H2,1-2H3,(H,23,25)/t18-/m1/s1. The Morgan fingerprint density at radius 3 is 2.39 bits per heavy atom. The van der Waals surface area contributed by atoms with Gasteiger partial charge in [-0.05, 0) is 49.1 Å². The Hall–Kier alpha value is -2.12. The number of anilines is 1. The highest BCUT2D eigenvalue weighted by Gasteiger charge is 2.32. The second kappa shape index (κ2) is 9.89. The number of rotatable bonds is 9. The van der Waals surface area contributed by atoms with Gasteiger partial charge in [0.2, 0.25) is 15.9 Å². The number of nitrogens with one attached hydrogen (secondary N) is 1. The van der Waals surface area contributed by atoms with Crippen LogP contribution >= 0.6 is 11.6 Å². The van der Waals surface area contributed by atoms with E-state index in [1.165, 1.54) is 24.3 Å². The fourth-order valence-corrected chi connectivity index (χ4v) is 4.28. The zero-order valence-electron chi connectivity index (χ0n) is 15.9. The number of hydrogen-bond donors (Lipinski definition) is 1. The molecule has 2 aromatic rings. The minimum atomic E-state index is -3.85. The second-order valence-corrected chi connectivity index (χ2v) is 8.75. The van der Waals surface area contributed by atoms with E-state index in [-0.39, 0.29) is 12.1 Å². The monoisotopic (exact) mass is 426 g/mol. The fraction of sp³-hybridized carbons (Fsp3) is 0.350. The molecule has 152 valence electrons. The Morgan fingerprint density at radius 2 is 1.82 bits per heavy atom. The predicted octanol–water partition coefficient (Wildman–Crippen LogP) is 3.77. The van der Waals surface area contributed by atoms with Crippen molar-refractivity contribution >= 4 is 33.2 Å². The highest BCUT2D eigenvalue weighted by Crippen LogP contribution is 2.25. The average molecular weight is 427 g/mol. The molecule has 1 atom stereocenters. The lowest BCUT2D eigenvalue weighted by Gasteiger charge is -2.30. The maximum atomic E-state index is 14.2. The van der Waals surface area contributed by atoms with Crippen molar-refractivity contribution in [3.05, 3.63) is 64.9 Å². The number of amides is 1. The molecule has 0 aromatic heterocycles. The number of nitrogens with zero attached hydrogens (tertiary/aromatic N) is 1. The van der Waals surface area contributed by atoms with Crippen LogP contribution in [-0.4, -0.2) is 33.2 Å². The SMILES string of the molecule is CC[C@H](C(=O)NCCCc1ccc(Cl)cc1)N(c1ccccc1F)S(C)(=O)=O. The number of halogens is 2. The molecule has 0 saturated heterocycles. The Labute approximate surface area is 170 Å². The molecule has 0 saturated carbocycles. The van der Waals surface area contributed by atoms with E-state index in [9.17, 15) is 17.6 Å². The highest BCUT2D eigenvalue weighted by molar-refractivity contribution is 7.92. The summed E-state index contributed by atoms with van der Waals surface area (Å²) < 4.78 is 39.7. The summed E-state index contributed by atoms with van der Waals surface area (Å²) in [5.74, 6) is -1.14. The van der Waals surface area contributed by atoms with Crippen LogP contribution in [0.25, 0.3) is 0 Å². The molecular formula is C20H24ClFN2O3S. The first-order valence-electron chi connectivity index (χ1n) is 9.00. The number of carbonyl (C=O) groups excluding carboxylic acids is 1.